The topological polar surface area (TPSA) is 116 Å². The van der Waals surface area contributed by atoms with E-state index in [9.17, 15) is 4.79 Å². The van der Waals surface area contributed by atoms with E-state index in [0.29, 0.717) is 11.4 Å². The second kappa shape index (κ2) is 12.5. The standard InChI is InChI=1S/C19H23ClN2O2.C2H2O4/c1-14-6-4-5-7-17(14)21-19(23)24-18(12-13-22(2)3)15-8-10-16(20)11-9-15;3-1(4)2(5)6/h4-11,18H,12-13H2,1-3H3,(H,21,23);(H,3,4)(H,5,6). The summed E-state index contributed by atoms with van der Waals surface area (Å²) in [5.41, 5.74) is 2.68. The Morgan fingerprint density at radius 2 is 1.60 bits per heavy atom. The molecule has 30 heavy (non-hydrogen) atoms. The van der Waals surface area contributed by atoms with Gasteiger partial charge in [0.15, 0.2) is 0 Å². The number of carbonyl (C=O) groups excluding carboxylic acids is 1. The van der Waals surface area contributed by atoms with Gasteiger partial charge in [0, 0.05) is 23.7 Å². The minimum Gasteiger partial charge on any atom is -0.473 e. The third-order valence-corrected chi connectivity index (χ3v) is 4.15. The summed E-state index contributed by atoms with van der Waals surface area (Å²) >= 11 is 5.95. The highest BCUT2D eigenvalue weighted by molar-refractivity contribution is 6.30. The highest BCUT2D eigenvalue weighted by atomic mass is 35.5. The number of aryl methyl sites for hydroxylation is 1. The first-order chi connectivity index (χ1) is 14.1. The van der Waals surface area contributed by atoms with Gasteiger partial charge in [0.05, 0.1) is 0 Å². The summed E-state index contributed by atoms with van der Waals surface area (Å²) in [6.07, 6.45) is -0.0767. The van der Waals surface area contributed by atoms with Gasteiger partial charge in [-0.05, 0) is 50.3 Å². The summed E-state index contributed by atoms with van der Waals surface area (Å²) in [7, 11) is 3.98. The molecule has 2 aromatic carbocycles. The van der Waals surface area contributed by atoms with Crippen LogP contribution in [0.25, 0.3) is 0 Å². The fraction of sp³-hybridized carbons (Fsp3) is 0.286. The molecular weight excluding hydrogens is 412 g/mol. The molecule has 162 valence electrons. The quantitative estimate of drug-likeness (QED) is 0.585. The zero-order valence-electron chi connectivity index (χ0n) is 17.0. The summed E-state index contributed by atoms with van der Waals surface area (Å²) in [5.74, 6) is -3.65. The average Bonchev–Trinajstić information content (AvgIpc) is 2.68. The molecular formula is C21H25ClN2O6. The Morgan fingerprint density at radius 3 is 2.10 bits per heavy atom. The lowest BCUT2D eigenvalue weighted by atomic mass is 10.1. The normalized spacial score (nSPS) is 11.1. The highest BCUT2D eigenvalue weighted by Gasteiger charge is 2.17. The number of carboxylic acid groups (broad SMARTS) is 2. The van der Waals surface area contributed by atoms with E-state index in [1.54, 1.807) is 0 Å². The maximum absolute atomic E-state index is 12.3. The molecule has 0 aliphatic carbocycles. The van der Waals surface area contributed by atoms with Crippen LogP contribution in [-0.2, 0) is 14.3 Å². The van der Waals surface area contributed by atoms with Crippen LogP contribution in [0.3, 0.4) is 0 Å². The maximum atomic E-state index is 12.3. The molecule has 0 saturated carbocycles. The number of hydrogen-bond donors (Lipinski definition) is 3. The molecule has 0 radical (unpaired) electrons. The second-order valence-electron chi connectivity index (χ2n) is 6.59. The number of nitrogens with one attached hydrogen (secondary N) is 1. The van der Waals surface area contributed by atoms with Crippen molar-refractivity contribution < 1.29 is 29.3 Å². The highest BCUT2D eigenvalue weighted by Crippen LogP contribution is 2.24. The molecule has 0 aliphatic heterocycles. The van der Waals surface area contributed by atoms with E-state index in [4.69, 9.17) is 36.1 Å². The fourth-order valence-corrected chi connectivity index (χ4v) is 2.45. The third kappa shape index (κ3) is 9.40. The number of anilines is 1. The smallest absolute Gasteiger partial charge is 0.414 e. The van der Waals surface area contributed by atoms with Gasteiger partial charge in [0.1, 0.15) is 6.10 Å². The lowest BCUT2D eigenvalue weighted by molar-refractivity contribution is -0.159. The monoisotopic (exact) mass is 436 g/mol. The zero-order valence-corrected chi connectivity index (χ0v) is 17.7. The number of carboxylic acids is 2. The van der Waals surface area contributed by atoms with Crippen molar-refractivity contribution in [2.24, 2.45) is 0 Å². The molecule has 0 heterocycles. The third-order valence-electron chi connectivity index (χ3n) is 3.89. The van der Waals surface area contributed by atoms with Crippen molar-refractivity contribution in [3.63, 3.8) is 0 Å². The summed E-state index contributed by atoms with van der Waals surface area (Å²) in [4.78, 5) is 32.5. The molecule has 1 unspecified atom stereocenters. The Morgan fingerprint density at radius 1 is 1.03 bits per heavy atom. The summed E-state index contributed by atoms with van der Waals surface area (Å²) in [6.45, 7) is 2.75. The molecule has 8 nitrogen and oxygen atoms in total. The summed E-state index contributed by atoms with van der Waals surface area (Å²) < 4.78 is 5.67. The number of aliphatic carboxylic acids is 2. The predicted octanol–water partition coefficient (Wildman–Crippen LogP) is 4.05. The fourth-order valence-electron chi connectivity index (χ4n) is 2.33. The number of halogens is 1. The van der Waals surface area contributed by atoms with Crippen molar-refractivity contribution in [1.29, 1.82) is 0 Å². The Labute approximate surface area is 180 Å². The van der Waals surface area contributed by atoms with Crippen molar-refractivity contribution in [2.75, 3.05) is 26.0 Å². The van der Waals surface area contributed by atoms with Crippen LogP contribution in [0.1, 0.15) is 23.7 Å². The first-order valence-corrected chi connectivity index (χ1v) is 9.37. The SMILES string of the molecule is Cc1ccccc1NC(=O)OC(CCN(C)C)c1ccc(Cl)cc1.O=C(O)C(=O)O. The van der Waals surface area contributed by atoms with Crippen LogP contribution >= 0.6 is 11.6 Å². The molecule has 1 atom stereocenters. The van der Waals surface area contributed by atoms with Crippen LogP contribution < -0.4 is 5.32 Å². The van der Waals surface area contributed by atoms with Gasteiger partial charge >= 0.3 is 18.0 Å². The average molecular weight is 437 g/mol. The Bertz CT molecular complexity index is 843. The molecule has 0 saturated heterocycles. The van der Waals surface area contributed by atoms with Gasteiger partial charge in [0.25, 0.3) is 0 Å². The summed E-state index contributed by atoms with van der Waals surface area (Å²) in [6, 6.07) is 15.0. The number of amides is 1. The van der Waals surface area contributed by atoms with E-state index in [1.165, 1.54) is 0 Å². The van der Waals surface area contributed by atoms with Gasteiger partial charge in [-0.3, -0.25) is 5.32 Å². The van der Waals surface area contributed by atoms with Crippen LogP contribution in [0.4, 0.5) is 10.5 Å². The predicted molar refractivity (Wildman–Crippen MR) is 114 cm³/mol. The zero-order chi connectivity index (χ0) is 22.7. The number of nitrogens with zero attached hydrogens (tertiary/aromatic N) is 1. The maximum Gasteiger partial charge on any atom is 0.414 e. The van der Waals surface area contributed by atoms with Gasteiger partial charge in [-0.15, -0.1) is 0 Å². The molecule has 1 amide bonds. The Kier molecular flexibility index (Phi) is 10.4. The van der Waals surface area contributed by atoms with Gasteiger partial charge in [-0.1, -0.05) is 41.9 Å². The number of carbonyl (C=O) groups is 3. The first-order valence-electron chi connectivity index (χ1n) is 8.99. The van der Waals surface area contributed by atoms with Crippen molar-refractivity contribution in [3.8, 4) is 0 Å². The van der Waals surface area contributed by atoms with Gasteiger partial charge < -0.3 is 19.8 Å². The first kappa shape index (κ1) is 24.9. The Hall–Kier alpha value is -3.10. The van der Waals surface area contributed by atoms with Gasteiger partial charge in [-0.25, -0.2) is 14.4 Å². The van der Waals surface area contributed by atoms with Crippen molar-refractivity contribution in [3.05, 3.63) is 64.7 Å². The van der Waals surface area contributed by atoms with E-state index in [2.05, 4.69) is 10.2 Å². The Balaban J connectivity index is 0.000000656. The van der Waals surface area contributed by atoms with Crippen LogP contribution in [0.5, 0.6) is 0 Å². The van der Waals surface area contributed by atoms with Crippen molar-refractivity contribution in [1.82, 2.24) is 4.90 Å². The molecule has 0 spiro atoms. The lowest BCUT2D eigenvalue weighted by Crippen LogP contribution is -2.22. The largest absolute Gasteiger partial charge is 0.473 e. The molecule has 2 aromatic rings. The van der Waals surface area contributed by atoms with Gasteiger partial charge in [-0.2, -0.15) is 0 Å². The van der Waals surface area contributed by atoms with E-state index in [0.717, 1.165) is 23.4 Å². The number of hydrogen-bond acceptors (Lipinski definition) is 5. The van der Waals surface area contributed by atoms with Crippen LogP contribution in [0, 0.1) is 6.92 Å². The lowest BCUT2D eigenvalue weighted by Gasteiger charge is -2.21. The van der Waals surface area contributed by atoms with Crippen LogP contribution in [0.2, 0.25) is 5.02 Å². The number of benzene rings is 2. The molecule has 9 heteroatoms. The second-order valence-corrected chi connectivity index (χ2v) is 7.02. The minimum absolute atomic E-state index is 0.325. The van der Waals surface area contributed by atoms with E-state index in [-0.39, 0.29) is 6.10 Å². The van der Waals surface area contributed by atoms with Crippen LogP contribution in [-0.4, -0.2) is 53.8 Å². The number of rotatable bonds is 6. The van der Waals surface area contributed by atoms with E-state index < -0.39 is 18.0 Å². The molecule has 0 fully saturated rings. The molecule has 3 N–H and O–H groups in total. The summed E-state index contributed by atoms with van der Waals surface area (Å²) in [5, 5.41) is 18.3. The van der Waals surface area contributed by atoms with Crippen LogP contribution in [0.15, 0.2) is 48.5 Å². The number of para-hydroxylation sites is 1. The van der Waals surface area contributed by atoms with Gasteiger partial charge in [0.2, 0.25) is 0 Å². The van der Waals surface area contributed by atoms with Crippen molar-refractivity contribution >= 4 is 35.3 Å². The number of ether oxygens (including phenoxy) is 1. The molecule has 0 aromatic heterocycles. The van der Waals surface area contributed by atoms with E-state index in [1.807, 2.05) is 69.6 Å². The van der Waals surface area contributed by atoms with Crippen molar-refractivity contribution in [2.45, 2.75) is 19.4 Å². The van der Waals surface area contributed by atoms with E-state index >= 15 is 0 Å². The molecule has 0 bridgehead atoms. The molecule has 0 aliphatic rings. The molecule has 2 rings (SSSR count). The minimum atomic E-state index is -1.82.